The summed E-state index contributed by atoms with van der Waals surface area (Å²) < 4.78 is 6.24. The summed E-state index contributed by atoms with van der Waals surface area (Å²) in [4.78, 5) is 0. The Morgan fingerprint density at radius 1 is 0.719 bits per heavy atom. The maximum absolute atomic E-state index is 6.24. The van der Waals surface area contributed by atoms with Crippen LogP contribution in [0.15, 0.2) is 48.5 Å². The second-order valence-corrected chi connectivity index (χ2v) is 14.3. The molecule has 0 unspecified atom stereocenters. The average molecular weight is 443 g/mol. The summed E-state index contributed by atoms with van der Waals surface area (Å²) in [6, 6.07) is 19.5. The van der Waals surface area contributed by atoms with E-state index in [0.29, 0.717) is 0 Å². The Kier molecular flexibility index (Phi) is 7.52. The van der Waals surface area contributed by atoms with Gasteiger partial charge in [-0.2, -0.15) is 0 Å². The first-order chi connectivity index (χ1) is 15.0. The van der Waals surface area contributed by atoms with Gasteiger partial charge in [0, 0.05) is 6.61 Å². The molecule has 0 aromatic heterocycles. The van der Waals surface area contributed by atoms with Gasteiger partial charge in [0.2, 0.25) is 6.71 Å². The zero-order valence-electron chi connectivity index (χ0n) is 21.5. The number of aryl methyl sites for hydroxylation is 6. The fraction of sp³-hybridized carbons (Fsp3) is 0.379. The molecule has 0 bridgehead atoms. The molecule has 0 amide bonds. The van der Waals surface area contributed by atoms with E-state index < -0.39 is 8.32 Å². The van der Waals surface area contributed by atoms with Crippen LogP contribution in [-0.2, 0) is 10.5 Å². The fourth-order valence-electron chi connectivity index (χ4n) is 5.63. The van der Waals surface area contributed by atoms with Gasteiger partial charge in [0.15, 0.2) is 8.32 Å². The predicted octanol–water partition coefficient (Wildman–Crippen LogP) is 5.38. The van der Waals surface area contributed by atoms with Gasteiger partial charge < -0.3 is 4.43 Å². The van der Waals surface area contributed by atoms with Crippen molar-refractivity contribution in [2.24, 2.45) is 0 Å². The van der Waals surface area contributed by atoms with Crippen LogP contribution < -0.4 is 16.4 Å². The molecule has 0 saturated carbocycles. The Bertz CT molecular complexity index is 1010. The minimum Gasteiger partial charge on any atom is -0.417 e. The highest BCUT2D eigenvalue weighted by Gasteiger charge is 2.32. The zero-order valence-corrected chi connectivity index (χ0v) is 22.5. The Labute approximate surface area is 197 Å². The highest BCUT2D eigenvalue weighted by Crippen LogP contribution is 2.17. The molecule has 0 aliphatic heterocycles. The van der Waals surface area contributed by atoms with Crippen LogP contribution in [0.2, 0.25) is 13.1 Å². The van der Waals surface area contributed by atoms with E-state index in [1.165, 1.54) is 55.3 Å². The van der Waals surface area contributed by atoms with E-state index in [4.69, 9.17) is 4.43 Å². The van der Waals surface area contributed by atoms with Crippen molar-refractivity contribution in [3.63, 3.8) is 0 Å². The van der Waals surface area contributed by atoms with Gasteiger partial charge in [-0.1, -0.05) is 104 Å². The van der Waals surface area contributed by atoms with Gasteiger partial charge >= 0.3 is 0 Å². The van der Waals surface area contributed by atoms with Crippen LogP contribution in [0.25, 0.3) is 0 Å². The highest BCUT2D eigenvalue weighted by molar-refractivity contribution is 6.97. The molecule has 0 aliphatic rings. The topological polar surface area (TPSA) is 9.23 Å². The summed E-state index contributed by atoms with van der Waals surface area (Å²) in [5, 5.41) is 0. The van der Waals surface area contributed by atoms with Crippen LogP contribution in [0.3, 0.4) is 0 Å². The van der Waals surface area contributed by atoms with E-state index in [0.717, 1.165) is 12.7 Å². The van der Waals surface area contributed by atoms with E-state index >= 15 is 0 Å². The van der Waals surface area contributed by atoms with E-state index in [-0.39, 0.29) is 6.71 Å². The van der Waals surface area contributed by atoms with E-state index in [1.54, 1.807) is 0 Å². The molecule has 1 nitrogen and oxygen atoms in total. The first kappa shape index (κ1) is 24.5. The van der Waals surface area contributed by atoms with Gasteiger partial charge in [-0.25, -0.2) is 0 Å². The maximum atomic E-state index is 6.24. The Morgan fingerprint density at radius 3 is 1.59 bits per heavy atom. The second-order valence-electron chi connectivity index (χ2n) is 10.1. The fourth-order valence-corrected chi connectivity index (χ4v) is 7.75. The lowest BCUT2D eigenvalue weighted by molar-refractivity contribution is 0.329. The van der Waals surface area contributed by atoms with Crippen molar-refractivity contribution in [2.75, 3.05) is 6.61 Å². The lowest BCUT2D eigenvalue weighted by Crippen LogP contribution is -2.57. The van der Waals surface area contributed by atoms with Gasteiger partial charge in [0.25, 0.3) is 0 Å². The third-order valence-corrected chi connectivity index (χ3v) is 8.87. The first-order valence-electron chi connectivity index (χ1n) is 11.9. The van der Waals surface area contributed by atoms with E-state index in [2.05, 4.69) is 110 Å². The molecule has 0 atom stereocenters. The first-order valence-corrected chi connectivity index (χ1v) is 15.0. The smallest absolute Gasteiger partial charge is 0.242 e. The molecule has 32 heavy (non-hydrogen) atoms. The molecule has 0 spiro atoms. The normalized spacial score (nSPS) is 11.7. The number of benzene rings is 3. The van der Waals surface area contributed by atoms with Gasteiger partial charge in [-0.15, -0.1) is 0 Å². The molecule has 3 rings (SSSR count). The van der Waals surface area contributed by atoms with Crippen LogP contribution in [0, 0.1) is 41.5 Å². The zero-order chi connectivity index (χ0) is 23.6. The van der Waals surface area contributed by atoms with Crippen LogP contribution in [-0.4, -0.2) is 21.6 Å². The molecule has 0 fully saturated rings. The Hall–Kier alpha value is -2.10. The van der Waals surface area contributed by atoms with Gasteiger partial charge in [-0.05, 0) is 67.6 Å². The summed E-state index contributed by atoms with van der Waals surface area (Å²) in [7, 11) is -1.80. The lowest BCUT2D eigenvalue weighted by atomic mass is 9.33. The summed E-state index contributed by atoms with van der Waals surface area (Å²) in [5.74, 6) is 0. The monoisotopic (exact) mass is 442 g/mol. The number of rotatable bonds is 7. The minimum atomic E-state index is -1.80. The summed E-state index contributed by atoms with van der Waals surface area (Å²) >= 11 is 0. The highest BCUT2D eigenvalue weighted by atomic mass is 28.4. The third-order valence-electron chi connectivity index (χ3n) is 6.57. The maximum Gasteiger partial charge on any atom is 0.242 e. The van der Waals surface area contributed by atoms with Crippen molar-refractivity contribution in [1.82, 2.24) is 0 Å². The second kappa shape index (κ2) is 9.81. The van der Waals surface area contributed by atoms with Crippen molar-refractivity contribution in [2.45, 2.75) is 67.6 Å². The van der Waals surface area contributed by atoms with E-state index in [1.807, 2.05) is 0 Å². The van der Waals surface area contributed by atoms with Crippen LogP contribution in [0.5, 0.6) is 0 Å². The lowest BCUT2D eigenvalue weighted by Gasteiger charge is -2.28. The SMILES string of the molecule is CCO[Si](C)(C)Cc1ccccc1B(c1c(C)cc(C)cc1C)c1c(C)cc(C)cc1C. The molecular weight excluding hydrogens is 403 g/mol. The molecule has 3 aromatic rings. The van der Waals surface area contributed by atoms with Gasteiger partial charge in [0.1, 0.15) is 0 Å². The molecule has 0 heterocycles. The molecule has 0 N–H and O–H groups in total. The largest absolute Gasteiger partial charge is 0.417 e. The standard InChI is InChI=1S/C29H39BOSi/c1-10-31-32(8,9)19-26-13-11-12-14-27(26)30(28-22(4)15-20(2)16-23(28)5)29-24(6)17-21(3)18-25(29)7/h11-18H,10,19H2,1-9H3. The molecule has 0 radical (unpaired) electrons. The van der Waals surface area contributed by atoms with Crippen molar-refractivity contribution in [1.29, 1.82) is 0 Å². The van der Waals surface area contributed by atoms with Gasteiger partial charge in [0.05, 0.1) is 0 Å². The molecule has 3 heteroatoms. The summed E-state index contributed by atoms with van der Waals surface area (Å²) in [6.45, 7) is 21.3. The number of hydrogen-bond acceptors (Lipinski definition) is 1. The predicted molar refractivity (Wildman–Crippen MR) is 145 cm³/mol. The van der Waals surface area contributed by atoms with Crippen molar-refractivity contribution in [3.8, 4) is 0 Å². The van der Waals surface area contributed by atoms with Crippen LogP contribution in [0.4, 0.5) is 0 Å². The average Bonchev–Trinajstić information content (AvgIpc) is 2.65. The van der Waals surface area contributed by atoms with Gasteiger partial charge in [-0.3, -0.25) is 0 Å². The van der Waals surface area contributed by atoms with Crippen LogP contribution in [0.1, 0.15) is 45.9 Å². The molecule has 0 aliphatic carbocycles. The molecular formula is C29H39BOSi. The number of hydrogen-bond donors (Lipinski definition) is 0. The van der Waals surface area contributed by atoms with Crippen molar-refractivity contribution < 1.29 is 4.43 Å². The van der Waals surface area contributed by atoms with Crippen molar-refractivity contribution in [3.05, 3.63) is 87.5 Å². The summed E-state index contributed by atoms with van der Waals surface area (Å²) in [6.07, 6.45) is 0. The van der Waals surface area contributed by atoms with E-state index in [9.17, 15) is 0 Å². The Balaban J connectivity index is 2.32. The summed E-state index contributed by atoms with van der Waals surface area (Å²) in [5.41, 5.74) is 13.9. The molecule has 168 valence electrons. The Morgan fingerprint density at radius 2 is 1.16 bits per heavy atom. The molecule has 3 aromatic carbocycles. The molecule has 0 saturated heterocycles. The quantitative estimate of drug-likeness (QED) is 0.447. The van der Waals surface area contributed by atoms with Crippen LogP contribution >= 0.6 is 0 Å². The van der Waals surface area contributed by atoms with Crippen molar-refractivity contribution >= 4 is 31.4 Å². The third kappa shape index (κ3) is 5.27. The minimum absolute atomic E-state index is 0.221.